The van der Waals surface area contributed by atoms with Crippen molar-refractivity contribution in [3.05, 3.63) is 33.8 Å². The Labute approximate surface area is 114 Å². The molecule has 0 atom stereocenters. The minimum atomic E-state index is 0.757. The van der Waals surface area contributed by atoms with Crippen LogP contribution in [-0.4, -0.2) is 17.2 Å². The standard InChI is InChI=1S/C11H12ClN3S2/c1-7-14-15-11(16-7)17-10-4-3-9(12)5-8(10)6-13-2/h3-5,13H,6H2,1-2H3. The number of benzene rings is 1. The summed E-state index contributed by atoms with van der Waals surface area (Å²) < 4.78 is 0.960. The highest BCUT2D eigenvalue weighted by Crippen LogP contribution is 2.33. The minimum absolute atomic E-state index is 0.757. The molecule has 0 radical (unpaired) electrons. The van der Waals surface area contributed by atoms with E-state index < -0.39 is 0 Å². The highest BCUT2D eigenvalue weighted by atomic mass is 35.5. The summed E-state index contributed by atoms with van der Waals surface area (Å²) in [5.41, 5.74) is 1.18. The molecule has 0 amide bonds. The number of aryl methyl sites for hydroxylation is 1. The van der Waals surface area contributed by atoms with Crippen molar-refractivity contribution in [3.63, 3.8) is 0 Å². The van der Waals surface area contributed by atoms with E-state index in [4.69, 9.17) is 11.6 Å². The zero-order valence-corrected chi connectivity index (χ0v) is 11.9. The van der Waals surface area contributed by atoms with Gasteiger partial charge in [-0.05, 0) is 37.7 Å². The average molecular weight is 286 g/mol. The van der Waals surface area contributed by atoms with Crippen LogP contribution in [-0.2, 0) is 6.54 Å². The van der Waals surface area contributed by atoms with Gasteiger partial charge in [-0.1, -0.05) is 34.7 Å². The van der Waals surface area contributed by atoms with Crippen LogP contribution in [0.5, 0.6) is 0 Å². The number of hydrogen-bond acceptors (Lipinski definition) is 5. The Balaban J connectivity index is 2.25. The molecule has 0 unspecified atom stereocenters. The van der Waals surface area contributed by atoms with E-state index in [-0.39, 0.29) is 0 Å². The molecule has 1 heterocycles. The van der Waals surface area contributed by atoms with Gasteiger partial charge in [0.2, 0.25) is 0 Å². The predicted octanol–water partition coefficient (Wildman–Crippen LogP) is 3.37. The molecule has 3 nitrogen and oxygen atoms in total. The summed E-state index contributed by atoms with van der Waals surface area (Å²) in [6.45, 7) is 2.75. The topological polar surface area (TPSA) is 37.8 Å². The minimum Gasteiger partial charge on any atom is -0.316 e. The SMILES string of the molecule is CNCc1cc(Cl)ccc1Sc1nnc(C)s1. The second-order valence-corrected chi connectivity index (χ2v) is 6.38. The lowest BCUT2D eigenvalue weighted by Gasteiger charge is -2.07. The summed E-state index contributed by atoms with van der Waals surface area (Å²) in [7, 11) is 1.92. The Bertz CT molecular complexity index is 513. The average Bonchev–Trinajstić information content (AvgIpc) is 2.69. The molecule has 6 heteroatoms. The van der Waals surface area contributed by atoms with Crippen molar-refractivity contribution in [2.45, 2.75) is 22.7 Å². The van der Waals surface area contributed by atoms with Crippen LogP contribution in [0, 0.1) is 6.92 Å². The van der Waals surface area contributed by atoms with Gasteiger partial charge < -0.3 is 5.32 Å². The zero-order chi connectivity index (χ0) is 12.3. The van der Waals surface area contributed by atoms with Crippen LogP contribution in [0.2, 0.25) is 5.02 Å². The molecule has 1 aromatic heterocycles. The third kappa shape index (κ3) is 3.42. The maximum atomic E-state index is 6.00. The van der Waals surface area contributed by atoms with Crippen LogP contribution in [0.3, 0.4) is 0 Å². The van der Waals surface area contributed by atoms with Crippen LogP contribution >= 0.6 is 34.7 Å². The Kier molecular flexibility index (Phi) is 4.39. The van der Waals surface area contributed by atoms with Gasteiger partial charge in [-0.15, -0.1) is 10.2 Å². The molecule has 0 fully saturated rings. The molecule has 0 aliphatic rings. The van der Waals surface area contributed by atoms with Crippen molar-refractivity contribution in [2.75, 3.05) is 7.05 Å². The zero-order valence-electron chi connectivity index (χ0n) is 9.53. The first-order valence-electron chi connectivity index (χ1n) is 5.10. The van der Waals surface area contributed by atoms with Gasteiger partial charge in [-0.25, -0.2) is 0 Å². The molecular formula is C11H12ClN3S2. The summed E-state index contributed by atoms with van der Waals surface area (Å²) in [4.78, 5) is 1.17. The molecule has 0 saturated heterocycles. The highest BCUT2D eigenvalue weighted by Gasteiger charge is 2.08. The van der Waals surface area contributed by atoms with Crippen LogP contribution in [0.25, 0.3) is 0 Å². The third-order valence-corrected chi connectivity index (χ3v) is 4.34. The molecule has 90 valence electrons. The normalized spacial score (nSPS) is 10.8. The first-order chi connectivity index (χ1) is 8.19. The number of nitrogens with one attached hydrogen (secondary N) is 1. The molecule has 0 saturated carbocycles. The van der Waals surface area contributed by atoms with Crippen molar-refractivity contribution < 1.29 is 0 Å². The first-order valence-corrected chi connectivity index (χ1v) is 7.11. The molecule has 0 bridgehead atoms. The van der Waals surface area contributed by atoms with Crippen LogP contribution in [0.15, 0.2) is 27.4 Å². The van der Waals surface area contributed by atoms with Gasteiger partial charge in [0.15, 0.2) is 4.34 Å². The fourth-order valence-corrected chi connectivity index (χ4v) is 3.47. The van der Waals surface area contributed by atoms with E-state index in [2.05, 4.69) is 15.5 Å². The summed E-state index contributed by atoms with van der Waals surface area (Å²) in [5.74, 6) is 0. The van der Waals surface area contributed by atoms with Crippen LogP contribution < -0.4 is 5.32 Å². The van der Waals surface area contributed by atoms with E-state index >= 15 is 0 Å². The van der Waals surface area contributed by atoms with Crippen molar-refractivity contribution in [2.24, 2.45) is 0 Å². The monoisotopic (exact) mass is 285 g/mol. The van der Waals surface area contributed by atoms with Gasteiger partial charge in [-0.2, -0.15) is 0 Å². The maximum Gasteiger partial charge on any atom is 0.179 e. The van der Waals surface area contributed by atoms with E-state index in [1.807, 2.05) is 32.2 Å². The molecule has 0 aliphatic heterocycles. The van der Waals surface area contributed by atoms with E-state index in [0.717, 1.165) is 20.9 Å². The number of nitrogens with zero attached hydrogens (tertiary/aromatic N) is 2. The van der Waals surface area contributed by atoms with E-state index in [1.165, 1.54) is 10.5 Å². The predicted molar refractivity (Wildman–Crippen MR) is 73.0 cm³/mol. The Morgan fingerprint density at radius 2 is 2.24 bits per heavy atom. The number of halogens is 1. The lowest BCUT2D eigenvalue weighted by Crippen LogP contribution is -2.06. The van der Waals surface area contributed by atoms with E-state index in [1.54, 1.807) is 23.1 Å². The van der Waals surface area contributed by atoms with E-state index in [0.29, 0.717) is 0 Å². The summed E-state index contributed by atoms with van der Waals surface area (Å²) in [6.07, 6.45) is 0. The second-order valence-electron chi connectivity index (χ2n) is 3.47. The van der Waals surface area contributed by atoms with Gasteiger partial charge in [0, 0.05) is 16.5 Å². The quantitative estimate of drug-likeness (QED) is 0.935. The molecule has 17 heavy (non-hydrogen) atoms. The highest BCUT2D eigenvalue weighted by molar-refractivity contribution is 8.01. The van der Waals surface area contributed by atoms with Crippen molar-refractivity contribution in [3.8, 4) is 0 Å². The van der Waals surface area contributed by atoms with Gasteiger partial charge >= 0.3 is 0 Å². The Hall–Kier alpha value is -0.620. The van der Waals surface area contributed by atoms with Gasteiger partial charge in [0.05, 0.1) is 0 Å². The maximum absolute atomic E-state index is 6.00. The summed E-state index contributed by atoms with van der Waals surface area (Å²) >= 11 is 9.23. The molecule has 1 N–H and O–H groups in total. The van der Waals surface area contributed by atoms with Gasteiger partial charge in [0.25, 0.3) is 0 Å². The molecule has 0 spiro atoms. The summed E-state index contributed by atoms with van der Waals surface area (Å²) in [5, 5.41) is 13.0. The van der Waals surface area contributed by atoms with Crippen molar-refractivity contribution >= 4 is 34.7 Å². The van der Waals surface area contributed by atoms with Crippen molar-refractivity contribution in [1.29, 1.82) is 0 Å². The Morgan fingerprint density at radius 3 is 2.88 bits per heavy atom. The van der Waals surface area contributed by atoms with E-state index in [9.17, 15) is 0 Å². The van der Waals surface area contributed by atoms with Crippen molar-refractivity contribution in [1.82, 2.24) is 15.5 Å². The Morgan fingerprint density at radius 1 is 1.41 bits per heavy atom. The number of rotatable bonds is 4. The molecule has 2 aromatic rings. The first kappa shape index (κ1) is 12.8. The fourth-order valence-electron chi connectivity index (χ4n) is 1.39. The fraction of sp³-hybridized carbons (Fsp3) is 0.273. The number of aromatic nitrogens is 2. The largest absolute Gasteiger partial charge is 0.316 e. The lowest BCUT2D eigenvalue weighted by atomic mass is 10.2. The molecule has 0 aliphatic carbocycles. The lowest BCUT2D eigenvalue weighted by molar-refractivity contribution is 0.803. The van der Waals surface area contributed by atoms with Crippen LogP contribution in [0.1, 0.15) is 10.6 Å². The molecule has 1 aromatic carbocycles. The third-order valence-electron chi connectivity index (χ3n) is 2.09. The smallest absolute Gasteiger partial charge is 0.179 e. The summed E-state index contributed by atoms with van der Waals surface area (Å²) in [6, 6.07) is 5.90. The second kappa shape index (κ2) is 5.82. The molecule has 2 rings (SSSR count). The molecular weight excluding hydrogens is 274 g/mol. The van der Waals surface area contributed by atoms with Crippen LogP contribution in [0.4, 0.5) is 0 Å². The van der Waals surface area contributed by atoms with Gasteiger partial charge in [0.1, 0.15) is 5.01 Å². The number of hydrogen-bond donors (Lipinski definition) is 1. The van der Waals surface area contributed by atoms with Gasteiger partial charge in [-0.3, -0.25) is 0 Å².